The van der Waals surface area contributed by atoms with E-state index < -0.39 is 0 Å². The Balaban J connectivity index is 1.91. The third-order valence-corrected chi connectivity index (χ3v) is 3.50. The number of nitrogens with zero attached hydrogens (tertiary/aromatic N) is 2. The lowest BCUT2D eigenvalue weighted by atomic mass is 10.2. The monoisotopic (exact) mass is 248 g/mol. The Hall–Kier alpha value is -1.62. The van der Waals surface area contributed by atoms with Gasteiger partial charge < -0.3 is 11.1 Å². The van der Waals surface area contributed by atoms with Crippen molar-refractivity contribution in [3.05, 3.63) is 24.0 Å². The van der Waals surface area contributed by atoms with Crippen LogP contribution in [0.15, 0.2) is 18.5 Å². The van der Waals surface area contributed by atoms with E-state index in [1.54, 1.807) is 12.3 Å². The molecule has 5 nitrogen and oxygen atoms in total. The molecule has 1 saturated heterocycles. The number of amides is 1. The Morgan fingerprint density at radius 1 is 1.67 bits per heavy atom. The highest BCUT2D eigenvalue weighted by atomic mass is 16.1. The summed E-state index contributed by atoms with van der Waals surface area (Å²) in [5.74, 6) is -0.136. The molecule has 5 heteroatoms. The Bertz CT molecular complexity index is 421. The Morgan fingerprint density at radius 2 is 2.50 bits per heavy atom. The van der Waals surface area contributed by atoms with Crippen molar-refractivity contribution in [3.8, 4) is 0 Å². The molecular weight excluding hydrogens is 228 g/mol. The van der Waals surface area contributed by atoms with Crippen molar-refractivity contribution in [2.24, 2.45) is 0 Å². The Labute approximate surface area is 107 Å². The average molecular weight is 248 g/mol. The second-order valence-corrected chi connectivity index (χ2v) is 4.60. The maximum atomic E-state index is 12.0. The highest BCUT2D eigenvalue weighted by Crippen LogP contribution is 2.16. The number of nitrogens with two attached hydrogens (primary N) is 1. The predicted molar refractivity (Wildman–Crippen MR) is 71.3 cm³/mol. The highest BCUT2D eigenvalue weighted by Gasteiger charge is 2.23. The fourth-order valence-electron chi connectivity index (χ4n) is 2.44. The van der Waals surface area contributed by atoms with Gasteiger partial charge in [-0.05, 0) is 32.0 Å². The molecule has 0 aromatic carbocycles. The summed E-state index contributed by atoms with van der Waals surface area (Å²) in [7, 11) is 0. The standard InChI is InChI=1S/C13H20N4O/c1-2-17-7-3-4-10(17)8-16-13(18)11-9-15-6-5-12(11)14/h5-6,9-10H,2-4,7-8H2,1H3,(H2,14,15)(H,16,18)/t10-/m1/s1. The summed E-state index contributed by atoms with van der Waals surface area (Å²) in [6.45, 7) is 5.00. The molecule has 2 heterocycles. The number of likely N-dealkylation sites (N-methyl/N-ethyl adjacent to an activating group) is 1. The Kier molecular flexibility index (Phi) is 4.15. The van der Waals surface area contributed by atoms with Crippen LogP contribution in [0.25, 0.3) is 0 Å². The largest absolute Gasteiger partial charge is 0.398 e. The summed E-state index contributed by atoms with van der Waals surface area (Å²) in [6, 6.07) is 2.10. The van der Waals surface area contributed by atoms with Gasteiger partial charge in [0.15, 0.2) is 0 Å². The first-order valence-corrected chi connectivity index (χ1v) is 6.44. The van der Waals surface area contributed by atoms with Gasteiger partial charge in [0.25, 0.3) is 5.91 Å². The zero-order valence-corrected chi connectivity index (χ0v) is 10.7. The molecule has 98 valence electrons. The summed E-state index contributed by atoms with van der Waals surface area (Å²) in [5.41, 5.74) is 6.68. The highest BCUT2D eigenvalue weighted by molar-refractivity contribution is 5.98. The SMILES string of the molecule is CCN1CCC[C@@H]1CNC(=O)c1cnccc1N. The fourth-order valence-corrected chi connectivity index (χ4v) is 2.44. The van der Waals surface area contributed by atoms with Gasteiger partial charge >= 0.3 is 0 Å². The van der Waals surface area contributed by atoms with Crippen molar-refractivity contribution in [2.45, 2.75) is 25.8 Å². The lowest BCUT2D eigenvalue weighted by molar-refractivity contribution is 0.0942. The third kappa shape index (κ3) is 2.79. The number of hydrogen-bond donors (Lipinski definition) is 2. The summed E-state index contributed by atoms with van der Waals surface area (Å²) >= 11 is 0. The summed E-state index contributed by atoms with van der Waals surface area (Å²) in [5, 5.41) is 2.95. The molecule has 0 saturated carbocycles. The van der Waals surface area contributed by atoms with E-state index in [-0.39, 0.29) is 5.91 Å². The normalized spacial score (nSPS) is 19.9. The lowest BCUT2D eigenvalue weighted by Gasteiger charge is -2.22. The zero-order valence-electron chi connectivity index (χ0n) is 10.7. The molecule has 3 N–H and O–H groups in total. The van der Waals surface area contributed by atoms with E-state index in [4.69, 9.17) is 5.73 Å². The summed E-state index contributed by atoms with van der Waals surface area (Å²) < 4.78 is 0. The van der Waals surface area contributed by atoms with Crippen LogP contribution in [0.1, 0.15) is 30.1 Å². The molecule has 1 amide bonds. The molecular formula is C13H20N4O. The molecule has 1 aliphatic rings. The molecule has 2 rings (SSSR count). The average Bonchev–Trinajstić information content (AvgIpc) is 2.84. The first kappa shape index (κ1) is 12.8. The van der Waals surface area contributed by atoms with E-state index >= 15 is 0 Å². The molecule has 1 atom stereocenters. The van der Waals surface area contributed by atoms with Gasteiger partial charge in [0.05, 0.1) is 5.56 Å². The number of likely N-dealkylation sites (tertiary alicyclic amines) is 1. The molecule has 0 unspecified atom stereocenters. The van der Waals surface area contributed by atoms with Gasteiger partial charge in [-0.25, -0.2) is 0 Å². The van der Waals surface area contributed by atoms with Gasteiger partial charge in [0, 0.05) is 30.7 Å². The molecule has 0 aliphatic carbocycles. The van der Waals surface area contributed by atoms with Gasteiger partial charge in [-0.3, -0.25) is 14.7 Å². The predicted octanol–water partition coefficient (Wildman–Crippen LogP) is 0.878. The van der Waals surface area contributed by atoms with Crippen molar-refractivity contribution in [1.82, 2.24) is 15.2 Å². The van der Waals surface area contributed by atoms with E-state index in [2.05, 4.69) is 22.1 Å². The molecule has 18 heavy (non-hydrogen) atoms. The first-order chi connectivity index (χ1) is 8.72. The number of carbonyl (C=O) groups excluding carboxylic acids is 1. The number of aromatic nitrogens is 1. The van der Waals surface area contributed by atoms with Crippen molar-refractivity contribution in [3.63, 3.8) is 0 Å². The topological polar surface area (TPSA) is 71.2 Å². The number of pyridine rings is 1. The van der Waals surface area contributed by atoms with Gasteiger partial charge in [0.1, 0.15) is 0 Å². The van der Waals surface area contributed by atoms with E-state index in [1.807, 2.05) is 0 Å². The maximum Gasteiger partial charge on any atom is 0.255 e. The third-order valence-electron chi connectivity index (χ3n) is 3.50. The van der Waals surface area contributed by atoms with Crippen LogP contribution in [0.5, 0.6) is 0 Å². The minimum atomic E-state index is -0.136. The van der Waals surface area contributed by atoms with Crippen LogP contribution in [0.4, 0.5) is 5.69 Å². The quantitative estimate of drug-likeness (QED) is 0.829. The minimum absolute atomic E-state index is 0.136. The lowest BCUT2D eigenvalue weighted by Crippen LogP contribution is -2.40. The Morgan fingerprint density at radius 3 is 3.22 bits per heavy atom. The first-order valence-electron chi connectivity index (χ1n) is 6.44. The van der Waals surface area contributed by atoms with Gasteiger partial charge in [-0.2, -0.15) is 0 Å². The molecule has 0 radical (unpaired) electrons. The van der Waals surface area contributed by atoms with E-state index in [0.717, 1.165) is 19.5 Å². The molecule has 1 aromatic heterocycles. The number of nitrogen functional groups attached to an aromatic ring is 1. The van der Waals surface area contributed by atoms with E-state index in [9.17, 15) is 4.79 Å². The summed E-state index contributed by atoms with van der Waals surface area (Å²) in [6.07, 6.45) is 5.46. The second-order valence-electron chi connectivity index (χ2n) is 4.60. The summed E-state index contributed by atoms with van der Waals surface area (Å²) in [4.78, 5) is 18.3. The number of rotatable bonds is 4. The van der Waals surface area contributed by atoms with Crippen LogP contribution >= 0.6 is 0 Å². The molecule has 1 aliphatic heterocycles. The number of carbonyl (C=O) groups is 1. The number of nitrogens with one attached hydrogen (secondary N) is 1. The van der Waals surface area contributed by atoms with E-state index in [1.165, 1.54) is 12.6 Å². The number of hydrogen-bond acceptors (Lipinski definition) is 4. The molecule has 0 spiro atoms. The zero-order chi connectivity index (χ0) is 13.0. The fraction of sp³-hybridized carbons (Fsp3) is 0.538. The van der Waals surface area contributed by atoms with Crippen LogP contribution in [0.3, 0.4) is 0 Å². The number of anilines is 1. The van der Waals surface area contributed by atoms with Crippen LogP contribution in [-0.2, 0) is 0 Å². The smallest absolute Gasteiger partial charge is 0.255 e. The van der Waals surface area contributed by atoms with Crippen molar-refractivity contribution < 1.29 is 4.79 Å². The van der Waals surface area contributed by atoms with Gasteiger partial charge in [-0.1, -0.05) is 6.92 Å². The second kappa shape index (κ2) is 5.82. The minimum Gasteiger partial charge on any atom is -0.398 e. The molecule has 1 aromatic rings. The van der Waals surface area contributed by atoms with Crippen LogP contribution in [0, 0.1) is 0 Å². The van der Waals surface area contributed by atoms with E-state index in [0.29, 0.717) is 23.8 Å². The molecule has 1 fully saturated rings. The van der Waals surface area contributed by atoms with Crippen LogP contribution < -0.4 is 11.1 Å². The molecule has 0 bridgehead atoms. The van der Waals surface area contributed by atoms with Gasteiger partial charge in [-0.15, -0.1) is 0 Å². The van der Waals surface area contributed by atoms with Crippen LogP contribution in [0.2, 0.25) is 0 Å². The van der Waals surface area contributed by atoms with Crippen LogP contribution in [-0.4, -0.2) is 41.5 Å². The van der Waals surface area contributed by atoms with Crippen molar-refractivity contribution >= 4 is 11.6 Å². The van der Waals surface area contributed by atoms with Gasteiger partial charge in [0.2, 0.25) is 0 Å². The van der Waals surface area contributed by atoms with Crippen molar-refractivity contribution in [1.29, 1.82) is 0 Å². The van der Waals surface area contributed by atoms with Crippen molar-refractivity contribution in [2.75, 3.05) is 25.4 Å². The maximum absolute atomic E-state index is 12.0.